The first kappa shape index (κ1) is 18.5. The Morgan fingerprint density at radius 2 is 1.44 bits per heavy atom. The molecule has 0 unspecified atom stereocenters. The molecule has 136 valence electrons. The summed E-state index contributed by atoms with van der Waals surface area (Å²) in [6.45, 7) is 0.387. The van der Waals surface area contributed by atoms with Gasteiger partial charge in [0.15, 0.2) is 0 Å². The number of benzene rings is 3. The first-order valence-corrected chi connectivity index (χ1v) is 8.57. The molecule has 0 aromatic heterocycles. The standard InChI is InChI=1S/C21H17ClN2O3/c22-17-7-11-19(12-8-17)27-13-14-1-3-16(4-2-14)21(26)24-18-9-5-15(6-10-18)20(23)25/h1-12H,13H2,(H2,23,25)(H,24,26). The predicted molar refractivity (Wildman–Crippen MR) is 105 cm³/mol. The van der Waals surface area contributed by atoms with Gasteiger partial charge in [0.05, 0.1) is 0 Å². The molecule has 3 aromatic carbocycles. The lowest BCUT2D eigenvalue weighted by atomic mass is 10.1. The van der Waals surface area contributed by atoms with Crippen LogP contribution in [0.2, 0.25) is 5.02 Å². The van der Waals surface area contributed by atoms with Crippen LogP contribution in [-0.2, 0) is 6.61 Å². The van der Waals surface area contributed by atoms with E-state index in [1.54, 1.807) is 60.7 Å². The van der Waals surface area contributed by atoms with Crippen molar-refractivity contribution >= 4 is 29.1 Å². The molecule has 3 rings (SSSR count). The van der Waals surface area contributed by atoms with E-state index in [9.17, 15) is 9.59 Å². The second kappa shape index (κ2) is 8.38. The average Bonchev–Trinajstić information content (AvgIpc) is 2.68. The molecule has 0 atom stereocenters. The number of ether oxygens (including phenoxy) is 1. The zero-order chi connectivity index (χ0) is 19.2. The fourth-order valence-electron chi connectivity index (χ4n) is 2.37. The van der Waals surface area contributed by atoms with Gasteiger partial charge in [-0.15, -0.1) is 0 Å². The van der Waals surface area contributed by atoms with E-state index >= 15 is 0 Å². The van der Waals surface area contributed by atoms with Crippen LogP contribution in [0.3, 0.4) is 0 Å². The van der Waals surface area contributed by atoms with Gasteiger partial charge in [0.1, 0.15) is 12.4 Å². The Labute approximate surface area is 161 Å². The van der Waals surface area contributed by atoms with Gasteiger partial charge in [-0.2, -0.15) is 0 Å². The SMILES string of the molecule is NC(=O)c1ccc(NC(=O)c2ccc(COc3ccc(Cl)cc3)cc2)cc1. The lowest BCUT2D eigenvalue weighted by Crippen LogP contribution is -2.13. The fourth-order valence-corrected chi connectivity index (χ4v) is 2.50. The molecule has 2 amide bonds. The number of hydrogen-bond acceptors (Lipinski definition) is 3. The molecule has 3 aromatic rings. The molecular formula is C21H17ClN2O3. The minimum atomic E-state index is -0.510. The number of carbonyl (C=O) groups is 2. The van der Waals surface area contributed by atoms with Gasteiger partial charge in [-0.3, -0.25) is 9.59 Å². The van der Waals surface area contributed by atoms with Crippen LogP contribution in [0.1, 0.15) is 26.3 Å². The maximum absolute atomic E-state index is 12.3. The Bertz CT molecular complexity index is 937. The lowest BCUT2D eigenvalue weighted by molar-refractivity contribution is 0.0998. The smallest absolute Gasteiger partial charge is 0.255 e. The van der Waals surface area contributed by atoms with Crippen LogP contribution in [0.15, 0.2) is 72.8 Å². The van der Waals surface area contributed by atoms with E-state index in [4.69, 9.17) is 22.1 Å². The monoisotopic (exact) mass is 380 g/mol. The summed E-state index contributed by atoms with van der Waals surface area (Å²) < 4.78 is 5.68. The first-order chi connectivity index (χ1) is 13.0. The molecule has 0 spiro atoms. The van der Waals surface area contributed by atoms with E-state index in [-0.39, 0.29) is 5.91 Å². The highest BCUT2D eigenvalue weighted by Gasteiger charge is 2.07. The molecule has 0 saturated carbocycles. The molecule has 0 saturated heterocycles. The minimum Gasteiger partial charge on any atom is -0.489 e. The molecule has 0 aliphatic rings. The van der Waals surface area contributed by atoms with Crippen molar-refractivity contribution in [2.45, 2.75) is 6.61 Å². The normalized spacial score (nSPS) is 10.3. The molecule has 0 aliphatic heterocycles. The number of anilines is 1. The third kappa shape index (κ3) is 5.09. The molecule has 27 heavy (non-hydrogen) atoms. The maximum Gasteiger partial charge on any atom is 0.255 e. The lowest BCUT2D eigenvalue weighted by Gasteiger charge is -2.08. The predicted octanol–water partition coefficient (Wildman–Crippen LogP) is 4.27. The highest BCUT2D eigenvalue weighted by Crippen LogP contribution is 2.17. The first-order valence-electron chi connectivity index (χ1n) is 8.20. The quantitative estimate of drug-likeness (QED) is 0.670. The van der Waals surface area contributed by atoms with E-state index < -0.39 is 5.91 Å². The highest BCUT2D eigenvalue weighted by atomic mass is 35.5. The van der Waals surface area contributed by atoms with Crippen molar-refractivity contribution in [1.29, 1.82) is 0 Å². The minimum absolute atomic E-state index is 0.244. The van der Waals surface area contributed by atoms with Gasteiger partial charge in [0, 0.05) is 21.8 Å². The number of halogens is 1. The van der Waals surface area contributed by atoms with Gasteiger partial charge < -0.3 is 15.8 Å². The summed E-state index contributed by atoms with van der Waals surface area (Å²) in [6, 6.07) is 20.6. The molecule has 0 fully saturated rings. The summed E-state index contributed by atoms with van der Waals surface area (Å²) in [5.74, 6) is -0.0306. The van der Waals surface area contributed by atoms with E-state index in [2.05, 4.69) is 5.32 Å². The molecule has 0 aliphatic carbocycles. The number of amides is 2. The van der Waals surface area contributed by atoms with Crippen LogP contribution in [-0.4, -0.2) is 11.8 Å². The third-order valence-corrected chi connectivity index (χ3v) is 4.11. The molecule has 3 N–H and O–H groups in total. The Hall–Kier alpha value is -3.31. The molecule has 0 heterocycles. The van der Waals surface area contributed by atoms with Gasteiger partial charge in [-0.25, -0.2) is 0 Å². The molecule has 6 heteroatoms. The number of carbonyl (C=O) groups excluding carboxylic acids is 2. The Morgan fingerprint density at radius 1 is 0.852 bits per heavy atom. The van der Waals surface area contributed by atoms with Crippen molar-refractivity contribution in [1.82, 2.24) is 0 Å². The van der Waals surface area contributed by atoms with Crippen LogP contribution in [0, 0.1) is 0 Å². The summed E-state index contributed by atoms with van der Waals surface area (Å²) >= 11 is 5.84. The van der Waals surface area contributed by atoms with Crippen molar-refractivity contribution in [2.24, 2.45) is 5.73 Å². The van der Waals surface area contributed by atoms with Gasteiger partial charge >= 0.3 is 0 Å². The summed E-state index contributed by atoms with van der Waals surface area (Å²) in [7, 11) is 0. The summed E-state index contributed by atoms with van der Waals surface area (Å²) in [6.07, 6.45) is 0. The topological polar surface area (TPSA) is 81.4 Å². The largest absolute Gasteiger partial charge is 0.489 e. The van der Waals surface area contributed by atoms with Gasteiger partial charge in [-0.05, 0) is 66.2 Å². The van der Waals surface area contributed by atoms with Gasteiger partial charge in [0.2, 0.25) is 5.91 Å². The number of nitrogens with one attached hydrogen (secondary N) is 1. The van der Waals surface area contributed by atoms with Crippen molar-refractivity contribution in [3.8, 4) is 5.75 Å². The number of rotatable bonds is 6. The molecule has 5 nitrogen and oxygen atoms in total. The van der Waals surface area contributed by atoms with E-state index in [1.807, 2.05) is 12.1 Å². The summed E-state index contributed by atoms with van der Waals surface area (Å²) in [4.78, 5) is 23.4. The van der Waals surface area contributed by atoms with Crippen molar-refractivity contribution in [3.63, 3.8) is 0 Å². The number of hydrogen-bond donors (Lipinski definition) is 2. The van der Waals surface area contributed by atoms with E-state index in [1.165, 1.54) is 0 Å². The summed E-state index contributed by atoms with van der Waals surface area (Å²) in [5.41, 5.74) is 7.62. The van der Waals surface area contributed by atoms with Crippen molar-refractivity contribution in [3.05, 3.63) is 94.5 Å². The van der Waals surface area contributed by atoms with E-state index in [0.717, 1.165) is 11.3 Å². The molecular weight excluding hydrogens is 364 g/mol. The van der Waals surface area contributed by atoms with Crippen molar-refractivity contribution in [2.75, 3.05) is 5.32 Å². The highest BCUT2D eigenvalue weighted by molar-refractivity contribution is 6.30. The van der Waals surface area contributed by atoms with Crippen LogP contribution >= 0.6 is 11.6 Å². The summed E-state index contributed by atoms with van der Waals surface area (Å²) in [5, 5.41) is 3.43. The second-order valence-electron chi connectivity index (χ2n) is 5.84. The molecule has 0 bridgehead atoms. The Balaban J connectivity index is 1.58. The van der Waals surface area contributed by atoms with Crippen LogP contribution in [0.4, 0.5) is 5.69 Å². The third-order valence-electron chi connectivity index (χ3n) is 3.86. The fraction of sp³-hybridized carbons (Fsp3) is 0.0476. The number of nitrogens with two attached hydrogens (primary N) is 1. The Morgan fingerprint density at radius 3 is 2.04 bits per heavy atom. The van der Waals surface area contributed by atoms with Gasteiger partial charge in [-0.1, -0.05) is 23.7 Å². The van der Waals surface area contributed by atoms with E-state index in [0.29, 0.717) is 28.4 Å². The van der Waals surface area contributed by atoms with Crippen LogP contribution in [0.25, 0.3) is 0 Å². The molecule has 0 radical (unpaired) electrons. The maximum atomic E-state index is 12.3. The average molecular weight is 381 g/mol. The Kier molecular flexibility index (Phi) is 5.74. The zero-order valence-electron chi connectivity index (χ0n) is 14.3. The van der Waals surface area contributed by atoms with Crippen LogP contribution in [0.5, 0.6) is 5.75 Å². The number of primary amides is 1. The zero-order valence-corrected chi connectivity index (χ0v) is 15.1. The van der Waals surface area contributed by atoms with Gasteiger partial charge in [0.25, 0.3) is 5.91 Å². The second-order valence-corrected chi connectivity index (χ2v) is 6.27. The van der Waals surface area contributed by atoms with Crippen LogP contribution < -0.4 is 15.8 Å². The van der Waals surface area contributed by atoms with Crippen molar-refractivity contribution < 1.29 is 14.3 Å².